The Labute approximate surface area is 252 Å². The topological polar surface area (TPSA) is 91.9 Å². The third-order valence-electron chi connectivity index (χ3n) is 7.05. The summed E-state index contributed by atoms with van der Waals surface area (Å²) >= 11 is 6.63. The number of aromatic hydroxyl groups is 1. The number of benzene rings is 3. The number of nitrogens with one attached hydrogen (secondary N) is 1. The third-order valence-corrected chi connectivity index (χ3v) is 7.36. The first-order chi connectivity index (χ1) is 17.2. The molecule has 0 saturated carbocycles. The summed E-state index contributed by atoms with van der Waals surface area (Å²) in [6, 6.07) is 10.8. The van der Waals surface area contributed by atoms with Crippen molar-refractivity contribution in [2.45, 2.75) is 32.1 Å². The van der Waals surface area contributed by atoms with Gasteiger partial charge in [0.05, 0.1) is 31.0 Å². The maximum Gasteiger partial charge on any atom is 0.274 e. The van der Waals surface area contributed by atoms with Crippen molar-refractivity contribution in [3.05, 3.63) is 66.2 Å². The van der Waals surface area contributed by atoms with E-state index in [2.05, 4.69) is 4.98 Å². The van der Waals surface area contributed by atoms with Crippen molar-refractivity contribution in [2.75, 3.05) is 25.7 Å². The largest absolute Gasteiger partial charge is 0.507 e. The molecule has 4 aromatic rings. The predicted octanol–water partition coefficient (Wildman–Crippen LogP) is 6.37. The zero-order chi connectivity index (χ0) is 25.9. The number of ketones is 1. The second-order valence-corrected chi connectivity index (χ2v) is 9.91. The smallest absolute Gasteiger partial charge is 0.274 e. The average molecular weight is 611 g/mol. The molecular formula is C29H30ClN2O5Y-. The van der Waals surface area contributed by atoms with E-state index in [9.17, 15) is 14.7 Å². The van der Waals surface area contributed by atoms with Crippen LogP contribution in [0, 0.1) is 14.4 Å². The molecule has 38 heavy (non-hydrogen) atoms. The number of carbonyl (C=O) groups excluding carboxylic acids is 2. The number of ether oxygens (including phenoxy) is 2. The van der Waals surface area contributed by atoms with Gasteiger partial charge >= 0.3 is 0 Å². The first-order valence-electron chi connectivity index (χ1n) is 11.7. The van der Waals surface area contributed by atoms with E-state index in [4.69, 9.17) is 21.1 Å². The van der Waals surface area contributed by atoms with Gasteiger partial charge in [0, 0.05) is 67.4 Å². The number of aromatic amines is 1. The summed E-state index contributed by atoms with van der Waals surface area (Å²) in [5.41, 5.74) is 3.87. The molecule has 2 heterocycles. The van der Waals surface area contributed by atoms with Gasteiger partial charge in [-0.1, -0.05) is 18.2 Å². The molecule has 0 aliphatic carbocycles. The average Bonchev–Trinajstić information content (AvgIpc) is 3.44. The van der Waals surface area contributed by atoms with Gasteiger partial charge in [-0.05, 0) is 49.4 Å². The van der Waals surface area contributed by atoms with E-state index in [1.807, 2.05) is 32.0 Å². The molecule has 7 nitrogen and oxygen atoms in total. The monoisotopic (exact) mass is 610 g/mol. The maximum absolute atomic E-state index is 13.9. The van der Waals surface area contributed by atoms with Gasteiger partial charge in [0.1, 0.15) is 11.4 Å². The Morgan fingerprint density at radius 2 is 1.84 bits per heavy atom. The minimum absolute atomic E-state index is 0. The molecule has 5 rings (SSSR count). The summed E-state index contributed by atoms with van der Waals surface area (Å²) in [5, 5.41) is 12.9. The molecule has 3 aromatic carbocycles. The number of hydrogen-bond acceptors (Lipinski definition) is 5. The number of aryl methyl sites for hydroxylation is 1. The van der Waals surface area contributed by atoms with Crippen LogP contribution >= 0.6 is 11.6 Å². The molecule has 0 spiro atoms. The minimum atomic E-state index is -0.273. The predicted molar refractivity (Wildman–Crippen MR) is 148 cm³/mol. The molecule has 1 aliphatic rings. The zero-order valence-electron chi connectivity index (χ0n) is 22.3. The van der Waals surface area contributed by atoms with Crippen molar-refractivity contribution >= 4 is 50.7 Å². The fraction of sp³-hybridized carbons (Fsp3) is 0.276. The van der Waals surface area contributed by atoms with Crippen LogP contribution in [0.5, 0.6) is 17.2 Å². The third kappa shape index (κ3) is 4.59. The van der Waals surface area contributed by atoms with E-state index < -0.39 is 0 Å². The summed E-state index contributed by atoms with van der Waals surface area (Å²) in [5.74, 6) is 0.219. The van der Waals surface area contributed by atoms with E-state index in [1.54, 1.807) is 23.1 Å². The number of anilines is 1. The van der Waals surface area contributed by atoms with Gasteiger partial charge in [-0.15, -0.1) is 11.6 Å². The number of carbonyl (C=O) groups is 2. The summed E-state index contributed by atoms with van der Waals surface area (Å²) in [7, 11) is 2.96. The maximum atomic E-state index is 13.9. The Morgan fingerprint density at radius 1 is 1.16 bits per heavy atom. The Bertz CT molecular complexity index is 1560. The Kier molecular flexibility index (Phi) is 8.86. The summed E-state index contributed by atoms with van der Waals surface area (Å²) in [6.07, 6.45) is 0. The fourth-order valence-corrected chi connectivity index (χ4v) is 5.56. The molecular weight excluding hydrogens is 581 g/mol. The second kappa shape index (κ2) is 11.2. The Balaban J connectivity index is 0.00000200. The van der Waals surface area contributed by atoms with Crippen LogP contribution < -0.4 is 14.4 Å². The van der Waals surface area contributed by atoms with Gasteiger partial charge in [-0.2, -0.15) is 0 Å². The van der Waals surface area contributed by atoms with Gasteiger partial charge in [0.25, 0.3) is 5.91 Å². The number of alkyl halides is 1. The van der Waals surface area contributed by atoms with Gasteiger partial charge in [-0.3, -0.25) is 9.59 Å². The number of rotatable bonds is 5. The molecule has 1 radical (unpaired) electrons. The molecule has 2 atom stereocenters. The van der Waals surface area contributed by atoms with E-state index >= 15 is 0 Å². The Morgan fingerprint density at radius 3 is 2.45 bits per heavy atom. The van der Waals surface area contributed by atoms with Gasteiger partial charge in [-0.25, -0.2) is 0 Å². The SMILES string of the molecule is COc1c(C(C)=O)cc2cc(C(=O)N3C[C@@H]([C@@H](C)Cl)c4c3cc(O)c3cccc(C)c43)[nH]c2c1OC.[CH3-].[Y]. The number of nitrogens with zero attached hydrogens (tertiary/aromatic N) is 1. The minimum Gasteiger partial charge on any atom is -0.507 e. The van der Waals surface area contributed by atoms with Crippen molar-refractivity contribution in [1.29, 1.82) is 0 Å². The molecule has 0 bridgehead atoms. The first-order valence-corrected chi connectivity index (χ1v) is 12.1. The molecule has 9 heteroatoms. The molecule has 2 N–H and O–H groups in total. The summed E-state index contributed by atoms with van der Waals surface area (Å²) in [4.78, 5) is 30.9. The van der Waals surface area contributed by atoms with Gasteiger partial charge in [0.15, 0.2) is 17.3 Å². The molecule has 1 aromatic heterocycles. The quantitative estimate of drug-likeness (QED) is 0.156. The second-order valence-electron chi connectivity index (χ2n) is 9.22. The van der Waals surface area contributed by atoms with Crippen molar-refractivity contribution in [3.63, 3.8) is 0 Å². The van der Waals surface area contributed by atoms with Gasteiger partial charge in [0.2, 0.25) is 0 Å². The van der Waals surface area contributed by atoms with Crippen LogP contribution in [0.3, 0.4) is 0 Å². The van der Waals surface area contributed by atoms with Crippen LogP contribution in [0.15, 0.2) is 36.4 Å². The van der Waals surface area contributed by atoms with Gasteiger partial charge < -0.3 is 31.9 Å². The number of methoxy groups -OCH3 is 2. The van der Waals surface area contributed by atoms with Crippen LogP contribution in [0.1, 0.15) is 51.7 Å². The number of aromatic nitrogens is 1. The van der Waals surface area contributed by atoms with Crippen LogP contribution in [0.4, 0.5) is 5.69 Å². The number of Topliss-reactive ketones (excluding diaryl/α,β-unsaturated/α-hetero) is 1. The number of fused-ring (bicyclic) bond motifs is 4. The van der Waals surface area contributed by atoms with E-state index in [1.165, 1.54) is 21.1 Å². The van der Waals surface area contributed by atoms with E-state index in [0.717, 1.165) is 21.9 Å². The molecule has 197 valence electrons. The number of hydrogen-bond donors (Lipinski definition) is 2. The van der Waals surface area contributed by atoms with Crippen molar-refractivity contribution in [3.8, 4) is 17.2 Å². The van der Waals surface area contributed by atoms with E-state index in [0.29, 0.717) is 45.9 Å². The Hall–Kier alpha value is -2.61. The zero-order valence-corrected chi connectivity index (χ0v) is 25.9. The summed E-state index contributed by atoms with van der Waals surface area (Å²) in [6.45, 7) is 5.74. The normalized spacial score (nSPS) is 15.0. The van der Waals surface area contributed by atoms with Crippen LogP contribution in [0.2, 0.25) is 0 Å². The molecule has 1 amide bonds. The molecule has 0 unspecified atom stereocenters. The van der Waals surface area contributed by atoms with Crippen LogP contribution in [-0.2, 0) is 32.7 Å². The summed E-state index contributed by atoms with van der Waals surface area (Å²) < 4.78 is 11.0. The number of halogens is 1. The number of phenolic OH excluding ortho intramolecular Hbond substituents is 1. The standard InChI is InChI=1S/C28H27ClN2O5.CH3.Y/c1-13-7-6-8-17-22(33)11-21-24(23(13)17)19(14(2)29)12-31(21)28(34)20-10-16-9-18(15(3)32)26(35-4)27(36-5)25(16)30-20;;/h6-11,14,19,30,33H,12H2,1-5H3;1H3;/q;-1;/t14-,19+;;/m1../s1. The van der Waals surface area contributed by atoms with Crippen molar-refractivity contribution in [2.24, 2.45) is 0 Å². The molecule has 0 saturated heterocycles. The number of H-pyrrole nitrogens is 1. The molecule has 0 fully saturated rings. The van der Waals surface area contributed by atoms with Crippen molar-refractivity contribution < 1.29 is 56.9 Å². The number of phenols is 1. The van der Waals surface area contributed by atoms with Crippen molar-refractivity contribution in [1.82, 2.24) is 4.98 Å². The fourth-order valence-electron chi connectivity index (χ4n) is 5.35. The molecule has 1 aliphatic heterocycles. The van der Waals surface area contributed by atoms with Crippen LogP contribution in [0.25, 0.3) is 21.7 Å². The van der Waals surface area contributed by atoms with Crippen LogP contribution in [-0.4, -0.2) is 47.9 Å². The number of amides is 1. The first kappa shape index (κ1) is 29.9. The van der Waals surface area contributed by atoms with E-state index in [-0.39, 0.29) is 68.9 Å².